The van der Waals surface area contributed by atoms with E-state index in [-0.39, 0.29) is 0 Å². The molecule has 1 aromatic heterocycles. The minimum atomic E-state index is 0.483. The van der Waals surface area contributed by atoms with E-state index in [9.17, 15) is 0 Å². The van der Waals surface area contributed by atoms with Gasteiger partial charge in [0.2, 0.25) is 0 Å². The maximum absolute atomic E-state index is 5.77. The number of benzene rings is 2. The molecule has 0 aliphatic carbocycles. The monoisotopic (exact) mass is 526 g/mol. The number of fused-ring (bicyclic) bond motifs is 1. The summed E-state index contributed by atoms with van der Waals surface area (Å²) in [5, 5.41) is 1.03. The predicted molar refractivity (Wildman–Crippen MR) is 126 cm³/mol. The van der Waals surface area contributed by atoms with Crippen LogP contribution in [0.5, 0.6) is 5.75 Å². The number of anilines is 1. The third-order valence-electron chi connectivity index (χ3n) is 4.09. The van der Waals surface area contributed by atoms with E-state index in [4.69, 9.17) is 29.1 Å². The molecule has 8 heteroatoms. The van der Waals surface area contributed by atoms with E-state index in [1.54, 1.807) is 0 Å². The fourth-order valence-corrected chi connectivity index (χ4v) is 3.34. The molecule has 0 saturated heterocycles. The van der Waals surface area contributed by atoms with Crippen molar-refractivity contribution in [2.75, 3.05) is 45.4 Å². The van der Waals surface area contributed by atoms with Gasteiger partial charge in [0.05, 0.1) is 53.5 Å². The number of pyridine rings is 1. The molecule has 0 saturated carbocycles. The lowest BCUT2D eigenvalue weighted by atomic mass is 10.1. The van der Waals surface area contributed by atoms with Crippen LogP contribution in [-0.4, -0.2) is 44.6 Å². The first-order chi connectivity index (χ1) is 14.3. The van der Waals surface area contributed by atoms with Gasteiger partial charge < -0.3 is 24.1 Å². The summed E-state index contributed by atoms with van der Waals surface area (Å²) in [5.41, 5.74) is 9.38. The number of hydrogen-bond donors (Lipinski definition) is 1. The van der Waals surface area contributed by atoms with Crippen molar-refractivity contribution in [3.63, 3.8) is 0 Å². The fraction of sp³-hybridized carbons (Fsp3) is 0.286. The van der Waals surface area contributed by atoms with Crippen LogP contribution in [0.3, 0.4) is 0 Å². The number of hydrogen-bond acceptors (Lipinski definition) is 7. The molecule has 2 aromatic carbocycles. The Hall–Kier alpha value is -1.59. The smallest absolute Gasteiger partial charge is 0.120 e. The summed E-state index contributed by atoms with van der Waals surface area (Å²) in [6, 6.07) is 17.7. The van der Waals surface area contributed by atoms with E-state index in [0.29, 0.717) is 39.6 Å². The van der Waals surface area contributed by atoms with E-state index in [1.807, 2.05) is 48.5 Å². The molecule has 0 aliphatic rings. The van der Waals surface area contributed by atoms with Crippen LogP contribution in [0, 0.1) is 0 Å². The van der Waals surface area contributed by atoms with Gasteiger partial charge in [0, 0.05) is 37.8 Å². The van der Waals surface area contributed by atoms with Crippen molar-refractivity contribution < 1.29 is 18.4 Å². The van der Waals surface area contributed by atoms with Gasteiger partial charge in [0.15, 0.2) is 0 Å². The highest BCUT2D eigenvalue weighted by Crippen LogP contribution is 2.24. The highest BCUT2D eigenvalue weighted by Gasteiger charge is 2.03. The van der Waals surface area contributed by atoms with Crippen LogP contribution in [0.2, 0.25) is 0 Å². The van der Waals surface area contributed by atoms with Crippen LogP contribution < -0.4 is 10.5 Å². The molecule has 0 radical (unpaired) electrons. The normalized spacial score (nSPS) is 11.1. The number of rotatable bonds is 12. The molecular formula is C21H23IN2O4S. The Morgan fingerprint density at radius 1 is 0.828 bits per heavy atom. The molecule has 0 atom stereocenters. The van der Waals surface area contributed by atoms with Gasteiger partial charge in [0.1, 0.15) is 12.4 Å². The van der Waals surface area contributed by atoms with Gasteiger partial charge in [0.25, 0.3) is 0 Å². The van der Waals surface area contributed by atoms with Crippen molar-refractivity contribution in [3.05, 3.63) is 54.6 Å². The summed E-state index contributed by atoms with van der Waals surface area (Å²) in [7, 11) is 1.31. The summed E-state index contributed by atoms with van der Waals surface area (Å²) < 4.78 is 21.7. The number of nitrogens with two attached hydrogens (primary N) is 1. The molecule has 154 valence electrons. The minimum Gasteiger partial charge on any atom is -0.491 e. The van der Waals surface area contributed by atoms with Crippen molar-refractivity contribution >= 4 is 47.0 Å². The molecule has 2 N–H and O–H groups in total. The van der Waals surface area contributed by atoms with Crippen LogP contribution in [0.4, 0.5) is 5.69 Å². The van der Waals surface area contributed by atoms with Crippen LogP contribution in [0.25, 0.3) is 22.2 Å². The molecular weight excluding hydrogens is 503 g/mol. The Morgan fingerprint density at radius 2 is 1.55 bits per heavy atom. The van der Waals surface area contributed by atoms with E-state index < -0.39 is 0 Å². The molecule has 1 heterocycles. The first-order valence-electron chi connectivity index (χ1n) is 9.21. The number of ether oxygens (including phenoxy) is 3. The summed E-state index contributed by atoms with van der Waals surface area (Å²) >= 11 is 2.08. The van der Waals surface area contributed by atoms with Crippen molar-refractivity contribution in [3.8, 4) is 17.0 Å². The van der Waals surface area contributed by atoms with E-state index in [1.165, 1.54) is 9.21 Å². The zero-order chi connectivity index (χ0) is 20.3. The summed E-state index contributed by atoms with van der Waals surface area (Å²) in [5.74, 6) is 0.799. The van der Waals surface area contributed by atoms with Crippen LogP contribution in [-0.2, 0) is 13.7 Å². The molecule has 3 rings (SSSR count). The highest BCUT2D eigenvalue weighted by molar-refractivity contribution is 14.2. The fourth-order valence-electron chi connectivity index (χ4n) is 2.67. The highest BCUT2D eigenvalue weighted by atomic mass is 127. The molecule has 3 aromatic rings. The Labute approximate surface area is 186 Å². The summed E-state index contributed by atoms with van der Waals surface area (Å²) in [4.78, 5) is 4.73. The molecule has 29 heavy (non-hydrogen) atoms. The third-order valence-corrected chi connectivity index (χ3v) is 5.11. The van der Waals surface area contributed by atoms with Crippen molar-refractivity contribution in [1.29, 1.82) is 0 Å². The third kappa shape index (κ3) is 7.31. The molecule has 0 amide bonds. The Balaban J connectivity index is 1.43. The molecule has 0 fully saturated rings. The van der Waals surface area contributed by atoms with Crippen molar-refractivity contribution in [2.45, 2.75) is 0 Å². The van der Waals surface area contributed by atoms with Crippen molar-refractivity contribution in [2.24, 2.45) is 0 Å². The van der Waals surface area contributed by atoms with E-state index >= 15 is 0 Å². The van der Waals surface area contributed by atoms with Gasteiger partial charge in [-0.3, -0.25) is 0 Å². The number of nitrogen functional groups attached to an aromatic ring is 1. The second-order valence-electron chi connectivity index (χ2n) is 6.13. The lowest BCUT2D eigenvalue weighted by Gasteiger charge is -2.09. The molecule has 0 bridgehead atoms. The van der Waals surface area contributed by atoms with Gasteiger partial charge in [-0.25, -0.2) is 4.98 Å². The van der Waals surface area contributed by atoms with Crippen LogP contribution in [0.15, 0.2) is 54.6 Å². The Bertz CT molecular complexity index is 895. The topological polar surface area (TPSA) is 75.8 Å². The number of halogens is 1. The molecule has 0 unspecified atom stereocenters. The van der Waals surface area contributed by atoms with Gasteiger partial charge in [-0.2, -0.15) is 0 Å². The number of aromatic nitrogens is 1. The molecule has 6 nitrogen and oxygen atoms in total. The zero-order valence-electron chi connectivity index (χ0n) is 15.9. The Morgan fingerprint density at radius 3 is 2.31 bits per heavy atom. The first kappa shape index (κ1) is 22.1. The SMILES string of the molecule is Nc1ccc(-c2ccc3cc(OCCOCCOCCOSI)ccc3n2)cc1. The maximum Gasteiger partial charge on any atom is 0.120 e. The average Bonchev–Trinajstić information content (AvgIpc) is 2.75. The molecule has 0 aliphatic heterocycles. The van der Waals surface area contributed by atoms with Crippen LogP contribution in [0.1, 0.15) is 0 Å². The van der Waals surface area contributed by atoms with Crippen molar-refractivity contribution in [1.82, 2.24) is 4.98 Å². The van der Waals surface area contributed by atoms with Gasteiger partial charge in [-0.05, 0) is 36.4 Å². The zero-order valence-corrected chi connectivity index (χ0v) is 18.9. The lowest BCUT2D eigenvalue weighted by molar-refractivity contribution is 0.0293. The van der Waals surface area contributed by atoms with E-state index in [0.717, 1.165) is 33.6 Å². The second kappa shape index (κ2) is 12.2. The largest absolute Gasteiger partial charge is 0.491 e. The Kier molecular flexibility index (Phi) is 9.29. The summed E-state index contributed by atoms with van der Waals surface area (Å²) in [6.07, 6.45) is 0. The van der Waals surface area contributed by atoms with Gasteiger partial charge >= 0.3 is 0 Å². The minimum absolute atomic E-state index is 0.483. The molecule has 0 spiro atoms. The predicted octanol–water partition coefficient (Wildman–Crippen LogP) is 4.91. The van der Waals surface area contributed by atoms with Gasteiger partial charge in [-0.15, -0.1) is 0 Å². The van der Waals surface area contributed by atoms with Gasteiger partial charge in [-0.1, -0.05) is 18.2 Å². The van der Waals surface area contributed by atoms with Crippen LogP contribution >= 0.6 is 30.4 Å². The number of nitrogens with zero attached hydrogens (tertiary/aromatic N) is 1. The second-order valence-corrected chi connectivity index (χ2v) is 7.57. The standard InChI is InChI=1S/C21H23IN2O4S/c22-29-28-14-12-26-10-9-25-11-13-27-19-6-8-21-17(15-19)3-7-20(24-21)16-1-4-18(23)5-2-16/h1-8,15H,9-14,23H2. The first-order valence-corrected chi connectivity index (χ1v) is 12.5. The quantitative estimate of drug-likeness (QED) is 0.156. The lowest BCUT2D eigenvalue weighted by Crippen LogP contribution is -2.12. The maximum atomic E-state index is 5.77. The van der Waals surface area contributed by atoms with E-state index in [2.05, 4.69) is 27.3 Å². The average molecular weight is 526 g/mol. The summed E-state index contributed by atoms with van der Waals surface area (Å²) in [6.45, 7) is 3.23.